The second kappa shape index (κ2) is 8.86. The number of amides is 2. The molecule has 4 heterocycles. The number of aromatic nitrogens is 3. The zero-order valence-corrected chi connectivity index (χ0v) is 19.3. The Morgan fingerprint density at radius 3 is 2.71 bits per heavy atom. The van der Waals surface area contributed by atoms with Crippen molar-refractivity contribution in [1.82, 2.24) is 14.8 Å². The van der Waals surface area contributed by atoms with E-state index in [4.69, 9.17) is 5.73 Å². The number of thiophene rings is 1. The van der Waals surface area contributed by atoms with Crippen molar-refractivity contribution in [3.8, 4) is 5.69 Å². The minimum atomic E-state index is -0.317. The maximum absolute atomic E-state index is 13.3. The third-order valence-corrected chi connectivity index (χ3v) is 7.10. The van der Waals surface area contributed by atoms with Gasteiger partial charge in [-0.05, 0) is 62.2 Å². The maximum Gasteiger partial charge on any atom is 0.265 e. The number of carbonyl (C=O) groups excluding carboxylic acids is 2. The predicted octanol–water partition coefficient (Wildman–Crippen LogP) is 3.88. The van der Waals surface area contributed by atoms with Crippen molar-refractivity contribution in [3.05, 3.63) is 65.0 Å². The lowest BCUT2D eigenvalue weighted by Crippen LogP contribution is -2.41. The number of carbonyl (C=O) groups is 2. The number of nitrogens with one attached hydrogen (secondary N) is 1. The number of nitrogens with two attached hydrogens (primary N) is 1. The molecule has 1 saturated heterocycles. The lowest BCUT2D eigenvalue weighted by molar-refractivity contribution is -0.122. The molecule has 174 valence electrons. The summed E-state index contributed by atoms with van der Waals surface area (Å²) in [6.45, 7) is 3.25. The van der Waals surface area contributed by atoms with Gasteiger partial charge in [0.1, 0.15) is 16.5 Å². The zero-order valence-electron chi connectivity index (χ0n) is 18.5. The normalized spacial score (nSPS) is 16.1. The molecule has 0 saturated carbocycles. The van der Waals surface area contributed by atoms with E-state index < -0.39 is 0 Å². The number of hydrogen-bond acceptors (Lipinski definition) is 6. The first kappa shape index (κ1) is 22.0. The fourth-order valence-electron chi connectivity index (χ4n) is 4.17. The molecule has 1 unspecified atom stereocenters. The fraction of sp³-hybridized carbons (Fsp3) is 0.250. The summed E-state index contributed by atoms with van der Waals surface area (Å²) < 4.78 is 15.0. The highest BCUT2D eigenvalue weighted by molar-refractivity contribution is 7.20. The van der Waals surface area contributed by atoms with Crippen LogP contribution < -0.4 is 16.0 Å². The average Bonchev–Trinajstić information content (AvgIpc) is 3.41. The molecule has 0 bridgehead atoms. The lowest BCUT2D eigenvalue weighted by Gasteiger charge is -2.32. The van der Waals surface area contributed by atoms with Gasteiger partial charge in [-0.25, -0.2) is 14.1 Å². The highest BCUT2D eigenvalue weighted by Crippen LogP contribution is 2.31. The summed E-state index contributed by atoms with van der Waals surface area (Å²) in [5, 5.41) is 8.30. The minimum Gasteiger partial charge on any atom is -0.369 e. The largest absolute Gasteiger partial charge is 0.369 e. The fourth-order valence-corrected chi connectivity index (χ4v) is 5.25. The van der Waals surface area contributed by atoms with Gasteiger partial charge < -0.3 is 16.0 Å². The van der Waals surface area contributed by atoms with Gasteiger partial charge in [-0.15, -0.1) is 11.3 Å². The van der Waals surface area contributed by atoms with E-state index in [-0.39, 0.29) is 23.5 Å². The van der Waals surface area contributed by atoms with Crippen molar-refractivity contribution in [3.63, 3.8) is 0 Å². The molecule has 3 aromatic heterocycles. The van der Waals surface area contributed by atoms with Crippen LogP contribution in [-0.4, -0.2) is 39.7 Å². The van der Waals surface area contributed by atoms with Crippen LogP contribution in [0, 0.1) is 18.7 Å². The molecule has 10 heteroatoms. The Bertz CT molecular complexity index is 1360. The highest BCUT2D eigenvalue weighted by Gasteiger charge is 2.25. The summed E-state index contributed by atoms with van der Waals surface area (Å²) in [6.07, 6.45) is 3.29. The van der Waals surface area contributed by atoms with Crippen LogP contribution in [0.2, 0.25) is 0 Å². The summed E-state index contributed by atoms with van der Waals surface area (Å²) in [6, 6.07) is 11.5. The van der Waals surface area contributed by atoms with Crippen LogP contribution in [0.1, 0.15) is 28.2 Å². The number of aryl methyl sites for hydroxylation is 1. The molecule has 2 amide bonds. The number of fused-ring (bicyclic) bond motifs is 1. The molecule has 1 fully saturated rings. The second-order valence-electron chi connectivity index (χ2n) is 8.35. The van der Waals surface area contributed by atoms with E-state index >= 15 is 0 Å². The summed E-state index contributed by atoms with van der Waals surface area (Å²) in [7, 11) is 0. The summed E-state index contributed by atoms with van der Waals surface area (Å²) in [5.41, 5.74) is 7.56. The minimum absolute atomic E-state index is 0.169. The van der Waals surface area contributed by atoms with Crippen LogP contribution in [0.25, 0.3) is 15.9 Å². The van der Waals surface area contributed by atoms with Gasteiger partial charge in [0.15, 0.2) is 0 Å². The first-order valence-corrected chi connectivity index (χ1v) is 11.8. The standard InChI is InChI=1S/C24H23FN6O2S/c1-14-19-11-20(34-24(19)31(29-14)18-7-4-16(25)5-8-18)23(33)28-17-6-9-21(27-12-17)30-10-2-3-15(13-30)22(26)32/h4-9,11-12,15H,2-3,10,13H2,1H3,(H2,26,32)(H,28,33). The SMILES string of the molecule is Cc1nn(-c2ccc(F)cc2)c2sc(C(=O)Nc3ccc(N4CCCC(C(N)=O)C4)nc3)cc12. The number of nitrogens with zero attached hydrogens (tertiary/aromatic N) is 4. The van der Waals surface area contributed by atoms with Gasteiger partial charge >= 0.3 is 0 Å². The topological polar surface area (TPSA) is 106 Å². The van der Waals surface area contributed by atoms with Crippen molar-refractivity contribution < 1.29 is 14.0 Å². The Hall–Kier alpha value is -3.79. The number of primary amides is 1. The number of piperidine rings is 1. The van der Waals surface area contributed by atoms with E-state index in [1.54, 1.807) is 29.1 Å². The number of halogens is 1. The van der Waals surface area contributed by atoms with Crippen molar-refractivity contribution in [2.75, 3.05) is 23.3 Å². The Morgan fingerprint density at radius 2 is 2.00 bits per heavy atom. The van der Waals surface area contributed by atoms with Crippen LogP contribution in [0.15, 0.2) is 48.7 Å². The van der Waals surface area contributed by atoms with Crippen molar-refractivity contribution in [2.45, 2.75) is 19.8 Å². The van der Waals surface area contributed by atoms with Gasteiger partial charge in [0.05, 0.1) is 34.1 Å². The van der Waals surface area contributed by atoms with Crippen molar-refractivity contribution in [2.24, 2.45) is 11.7 Å². The smallest absolute Gasteiger partial charge is 0.265 e. The number of rotatable bonds is 5. The molecule has 1 aromatic carbocycles. The van der Waals surface area contributed by atoms with Gasteiger partial charge in [0, 0.05) is 18.5 Å². The van der Waals surface area contributed by atoms with Crippen LogP contribution >= 0.6 is 11.3 Å². The van der Waals surface area contributed by atoms with E-state index in [9.17, 15) is 14.0 Å². The molecular weight excluding hydrogens is 455 g/mol. The molecule has 1 atom stereocenters. The van der Waals surface area contributed by atoms with Crippen molar-refractivity contribution in [1.29, 1.82) is 0 Å². The van der Waals surface area contributed by atoms with E-state index in [2.05, 4.69) is 15.4 Å². The van der Waals surface area contributed by atoms with Gasteiger partial charge in [-0.2, -0.15) is 5.10 Å². The van der Waals surface area contributed by atoms with Gasteiger partial charge in [0.25, 0.3) is 5.91 Å². The Morgan fingerprint density at radius 1 is 1.21 bits per heavy atom. The molecule has 34 heavy (non-hydrogen) atoms. The quantitative estimate of drug-likeness (QED) is 0.453. The number of anilines is 2. The first-order valence-electron chi connectivity index (χ1n) is 11.0. The molecule has 0 aliphatic carbocycles. The summed E-state index contributed by atoms with van der Waals surface area (Å²) >= 11 is 1.32. The predicted molar refractivity (Wildman–Crippen MR) is 130 cm³/mol. The molecule has 0 spiro atoms. The zero-order chi connectivity index (χ0) is 23.8. The Balaban J connectivity index is 1.32. The number of benzene rings is 1. The lowest BCUT2D eigenvalue weighted by atomic mass is 9.97. The monoisotopic (exact) mass is 478 g/mol. The average molecular weight is 479 g/mol. The molecule has 4 aromatic rings. The second-order valence-corrected chi connectivity index (χ2v) is 9.38. The van der Waals surface area contributed by atoms with E-state index in [0.717, 1.165) is 46.8 Å². The summed E-state index contributed by atoms with van der Waals surface area (Å²) in [4.78, 5) is 32.3. The molecule has 1 aliphatic rings. The maximum atomic E-state index is 13.3. The Kier molecular flexibility index (Phi) is 5.74. The summed E-state index contributed by atoms with van der Waals surface area (Å²) in [5.74, 6) is -0.261. The van der Waals surface area contributed by atoms with Gasteiger partial charge in [-0.3, -0.25) is 9.59 Å². The molecular formula is C24H23FN6O2S. The van der Waals surface area contributed by atoms with Crippen LogP contribution in [0.4, 0.5) is 15.9 Å². The van der Waals surface area contributed by atoms with E-state index in [1.807, 2.05) is 24.0 Å². The molecule has 0 radical (unpaired) electrons. The van der Waals surface area contributed by atoms with Gasteiger partial charge in [0.2, 0.25) is 5.91 Å². The van der Waals surface area contributed by atoms with Crippen molar-refractivity contribution >= 4 is 44.9 Å². The van der Waals surface area contributed by atoms with Gasteiger partial charge in [-0.1, -0.05) is 0 Å². The third-order valence-electron chi connectivity index (χ3n) is 5.99. The third kappa shape index (κ3) is 4.24. The van der Waals surface area contributed by atoms with Crippen LogP contribution in [0.3, 0.4) is 0 Å². The molecule has 5 rings (SSSR count). The number of hydrogen-bond donors (Lipinski definition) is 2. The van der Waals surface area contributed by atoms with Crippen LogP contribution in [-0.2, 0) is 4.79 Å². The molecule has 8 nitrogen and oxygen atoms in total. The molecule has 3 N–H and O–H groups in total. The highest BCUT2D eigenvalue weighted by atomic mass is 32.1. The first-order chi connectivity index (χ1) is 16.4. The number of pyridine rings is 1. The van der Waals surface area contributed by atoms with E-state index in [1.165, 1.54) is 23.5 Å². The Labute approximate surface area is 199 Å². The van der Waals surface area contributed by atoms with E-state index in [0.29, 0.717) is 17.1 Å². The van der Waals surface area contributed by atoms with Crippen LogP contribution in [0.5, 0.6) is 0 Å². The molecule has 1 aliphatic heterocycles.